The number of hydrogen-bond donors (Lipinski definition) is 0. The molecule has 8 nitrogen and oxygen atoms in total. The fourth-order valence-electron chi connectivity index (χ4n) is 3.07. The number of carbonyl (C=O) groups is 1. The van der Waals surface area contributed by atoms with E-state index in [1.807, 2.05) is 6.07 Å². The van der Waals surface area contributed by atoms with Crippen LogP contribution in [0.15, 0.2) is 40.0 Å². The summed E-state index contributed by atoms with van der Waals surface area (Å²) in [6.07, 6.45) is 7.11. The van der Waals surface area contributed by atoms with E-state index >= 15 is 0 Å². The standard InChI is InChI=1S/C18H22N4O4S/c1-14-18(15(2)26-20-14)27(24,25)22-10-4-9-21(11-12-22)17(23)7-6-16-5-3-8-19-13-16/h3,5-8,13H,4,9-12H2,1-2H3/b7-6+. The molecule has 1 saturated heterocycles. The maximum Gasteiger partial charge on any atom is 0.248 e. The number of aromatic nitrogens is 2. The second-order valence-corrected chi connectivity index (χ2v) is 8.23. The van der Waals surface area contributed by atoms with Gasteiger partial charge in [0.15, 0.2) is 5.76 Å². The van der Waals surface area contributed by atoms with Gasteiger partial charge in [0.1, 0.15) is 10.6 Å². The van der Waals surface area contributed by atoms with E-state index in [4.69, 9.17) is 4.52 Å². The van der Waals surface area contributed by atoms with Crippen molar-refractivity contribution in [3.63, 3.8) is 0 Å². The molecule has 1 aliphatic rings. The third-order valence-corrected chi connectivity index (χ3v) is 6.58. The smallest absolute Gasteiger partial charge is 0.248 e. The Balaban J connectivity index is 1.68. The summed E-state index contributed by atoms with van der Waals surface area (Å²) >= 11 is 0. The molecular weight excluding hydrogens is 368 g/mol. The molecule has 0 radical (unpaired) electrons. The van der Waals surface area contributed by atoms with Gasteiger partial charge in [0.05, 0.1) is 0 Å². The summed E-state index contributed by atoms with van der Waals surface area (Å²) in [6, 6.07) is 3.66. The van der Waals surface area contributed by atoms with Crippen LogP contribution in [0.1, 0.15) is 23.4 Å². The summed E-state index contributed by atoms with van der Waals surface area (Å²) in [5, 5.41) is 3.74. The van der Waals surface area contributed by atoms with Gasteiger partial charge in [0.2, 0.25) is 15.9 Å². The summed E-state index contributed by atoms with van der Waals surface area (Å²) in [4.78, 5) is 18.2. The number of hydrogen-bond acceptors (Lipinski definition) is 6. The van der Waals surface area contributed by atoms with Crippen LogP contribution in [0.4, 0.5) is 0 Å². The maximum atomic E-state index is 12.9. The zero-order valence-corrected chi connectivity index (χ0v) is 16.1. The van der Waals surface area contributed by atoms with Crippen molar-refractivity contribution in [2.75, 3.05) is 26.2 Å². The van der Waals surface area contributed by atoms with Crippen LogP contribution >= 0.6 is 0 Å². The van der Waals surface area contributed by atoms with Crippen LogP contribution in [0.25, 0.3) is 6.08 Å². The third kappa shape index (κ3) is 4.25. The van der Waals surface area contributed by atoms with E-state index in [-0.39, 0.29) is 23.1 Å². The first-order chi connectivity index (χ1) is 12.9. The van der Waals surface area contributed by atoms with Crippen LogP contribution in [0.3, 0.4) is 0 Å². The van der Waals surface area contributed by atoms with E-state index in [0.717, 1.165) is 5.56 Å². The summed E-state index contributed by atoms with van der Waals surface area (Å²) in [7, 11) is -3.69. The Bertz CT molecular complexity index is 918. The van der Waals surface area contributed by atoms with Crippen molar-refractivity contribution in [3.05, 3.63) is 47.6 Å². The largest absolute Gasteiger partial charge is 0.360 e. The fraction of sp³-hybridized carbons (Fsp3) is 0.389. The molecule has 0 atom stereocenters. The maximum absolute atomic E-state index is 12.9. The molecule has 9 heteroatoms. The Morgan fingerprint density at radius 3 is 2.70 bits per heavy atom. The van der Waals surface area contributed by atoms with Crippen LogP contribution in [0.2, 0.25) is 0 Å². The Labute approximate surface area is 158 Å². The molecule has 144 valence electrons. The van der Waals surface area contributed by atoms with Crippen molar-refractivity contribution in [3.8, 4) is 0 Å². The number of rotatable bonds is 4. The van der Waals surface area contributed by atoms with Crippen molar-refractivity contribution in [2.24, 2.45) is 0 Å². The zero-order valence-electron chi connectivity index (χ0n) is 15.3. The van der Waals surface area contributed by atoms with Gasteiger partial charge >= 0.3 is 0 Å². The van der Waals surface area contributed by atoms with Crippen LogP contribution in [0.5, 0.6) is 0 Å². The highest BCUT2D eigenvalue weighted by Gasteiger charge is 2.32. The van der Waals surface area contributed by atoms with Crippen LogP contribution in [0, 0.1) is 13.8 Å². The van der Waals surface area contributed by atoms with Crippen LogP contribution in [-0.4, -0.2) is 59.8 Å². The van der Waals surface area contributed by atoms with Gasteiger partial charge in [0, 0.05) is 44.6 Å². The molecule has 27 heavy (non-hydrogen) atoms. The minimum absolute atomic E-state index is 0.124. The number of carbonyl (C=O) groups excluding carboxylic acids is 1. The van der Waals surface area contributed by atoms with Crippen molar-refractivity contribution in [1.29, 1.82) is 0 Å². The van der Waals surface area contributed by atoms with Crippen molar-refractivity contribution < 1.29 is 17.7 Å². The van der Waals surface area contributed by atoms with Crippen LogP contribution in [-0.2, 0) is 14.8 Å². The SMILES string of the molecule is Cc1noc(C)c1S(=O)(=O)N1CCCN(C(=O)/C=C/c2cccnc2)CC1. The van der Waals surface area contributed by atoms with Gasteiger partial charge in [-0.2, -0.15) is 4.31 Å². The molecule has 1 aliphatic heterocycles. The predicted molar refractivity (Wildman–Crippen MR) is 99.2 cm³/mol. The lowest BCUT2D eigenvalue weighted by atomic mass is 10.2. The first-order valence-corrected chi connectivity index (χ1v) is 10.1. The topological polar surface area (TPSA) is 96.6 Å². The van der Waals surface area contributed by atoms with Crippen LogP contribution < -0.4 is 0 Å². The number of aryl methyl sites for hydroxylation is 2. The number of sulfonamides is 1. The molecule has 2 aromatic heterocycles. The van der Waals surface area contributed by atoms with Gasteiger partial charge in [-0.25, -0.2) is 8.42 Å². The molecule has 0 N–H and O–H groups in total. The first kappa shape index (κ1) is 19.2. The fourth-order valence-corrected chi connectivity index (χ4v) is 4.83. The molecule has 1 amide bonds. The highest BCUT2D eigenvalue weighted by atomic mass is 32.2. The minimum Gasteiger partial charge on any atom is -0.360 e. The molecule has 0 spiro atoms. The highest BCUT2D eigenvalue weighted by Crippen LogP contribution is 2.24. The molecular formula is C18H22N4O4S. The van der Waals surface area contributed by atoms with Gasteiger partial charge in [-0.3, -0.25) is 9.78 Å². The Hall–Kier alpha value is -2.52. The second kappa shape index (κ2) is 8.01. The number of pyridine rings is 1. The molecule has 1 fully saturated rings. The van der Waals surface area contributed by atoms with Gasteiger partial charge in [-0.1, -0.05) is 11.2 Å². The molecule has 3 heterocycles. The minimum atomic E-state index is -3.69. The monoisotopic (exact) mass is 390 g/mol. The molecule has 0 saturated carbocycles. The summed E-state index contributed by atoms with van der Waals surface area (Å²) < 4.78 is 32.3. The average Bonchev–Trinajstić information content (AvgIpc) is 2.86. The van der Waals surface area contributed by atoms with Gasteiger partial charge in [0.25, 0.3) is 0 Å². The highest BCUT2D eigenvalue weighted by molar-refractivity contribution is 7.89. The van der Waals surface area contributed by atoms with E-state index in [0.29, 0.717) is 31.7 Å². The molecule has 0 unspecified atom stereocenters. The molecule has 2 aromatic rings. The van der Waals surface area contributed by atoms with E-state index in [1.165, 1.54) is 10.4 Å². The quantitative estimate of drug-likeness (QED) is 0.736. The van der Waals surface area contributed by atoms with E-state index in [1.54, 1.807) is 43.3 Å². The Kier molecular flexibility index (Phi) is 5.71. The summed E-state index contributed by atoms with van der Waals surface area (Å²) in [6.45, 7) is 4.62. The Morgan fingerprint density at radius 2 is 2.04 bits per heavy atom. The lowest BCUT2D eigenvalue weighted by molar-refractivity contribution is -0.125. The predicted octanol–water partition coefficient (Wildman–Crippen LogP) is 1.62. The zero-order chi connectivity index (χ0) is 19.4. The Morgan fingerprint density at radius 1 is 1.22 bits per heavy atom. The van der Waals surface area contributed by atoms with E-state index in [2.05, 4.69) is 10.1 Å². The van der Waals surface area contributed by atoms with Crippen molar-refractivity contribution in [1.82, 2.24) is 19.3 Å². The normalized spacial score (nSPS) is 16.6. The molecule has 3 rings (SSSR count). The van der Waals surface area contributed by atoms with Gasteiger partial charge < -0.3 is 9.42 Å². The third-order valence-electron chi connectivity index (χ3n) is 4.44. The average molecular weight is 390 g/mol. The first-order valence-electron chi connectivity index (χ1n) is 8.69. The summed E-state index contributed by atoms with van der Waals surface area (Å²) in [5.41, 5.74) is 1.19. The lowest BCUT2D eigenvalue weighted by Crippen LogP contribution is -2.37. The van der Waals surface area contributed by atoms with Gasteiger partial charge in [-0.05, 0) is 38.0 Å². The van der Waals surface area contributed by atoms with Gasteiger partial charge in [-0.15, -0.1) is 0 Å². The lowest BCUT2D eigenvalue weighted by Gasteiger charge is -2.21. The second-order valence-electron chi connectivity index (χ2n) is 6.36. The molecule has 0 aromatic carbocycles. The van der Waals surface area contributed by atoms with Crippen molar-refractivity contribution in [2.45, 2.75) is 25.2 Å². The molecule has 0 bridgehead atoms. The molecule has 0 aliphatic carbocycles. The number of amides is 1. The van der Waals surface area contributed by atoms with E-state index < -0.39 is 10.0 Å². The number of nitrogens with zero attached hydrogens (tertiary/aromatic N) is 4. The summed E-state index contributed by atoms with van der Waals surface area (Å²) in [5.74, 6) is 0.138. The van der Waals surface area contributed by atoms with E-state index in [9.17, 15) is 13.2 Å². The van der Waals surface area contributed by atoms with Crippen molar-refractivity contribution >= 4 is 22.0 Å².